The Hall–Kier alpha value is -0.900. The fourth-order valence-corrected chi connectivity index (χ4v) is 3.36. The molecule has 0 amide bonds. The van der Waals surface area contributed by atoms with Gasteiger partial charge >= 0.3 is 0 Å². The van der Waals surface area contributed by atoms with Gasteiger partial charge in [0.1, 0.15) is 0 Å². The molecule has 0 spiro atoms. The first-order valence-electron chi connectivity index (χ1n) is 8.15. The summed E-state index contributed by atoms with van der Waals surface area (Å²) in [5, 5.41) is 3.57. The second-order valence-electron chi connectivity index (χ2n) is 6.34. The van der Waals surface area contributed by atoms with Gasteiger partial charge in [0, 0.05) is 24.7 Å². The van der Waals surface area contributed by atoms with Crippen molar-refractivity contribution in [3.8, 4) is 0 Å². The number of benzene rings is 1. The van der Waals surface area contributed by atoms with Gasteiger partial charge in [-0.05, 0) is 39.3 Å². The van der Waals surface area contributed by atoms with Gasteiger partial charge in [-0.15, -0.1) is 0 Å². The average molecular weight is 290 g/mol. The molecule has 3 nitrogen and oxygen atoms in total. The molecule has 21 heavy (non-hydrogen) atoms. The maximum atomic E-state index is 5.52. The fourth-order valence-electron chi connectivity index (χ4n) is 3.36. The van der Waals surface area contributed by atoms with Gasteiger partial charge in [0.15, 0.2) is 0 Å². The van der Waals surface area contributed by atoms with E-state index >= 15 is 0 Å². The van der Waals surface area contributed by atoms with Crippen LogP contribution in [0.5, 0.6) is 0 Å². The molecular weight excluding hydrogens is 260 g/mol. The molecule has 2 atom stereocenters. The minimum absolute atomic E-state index is 0.170. The topological polar surface area (TPSA) is 24.5 Å². The van der Waals surface area contributed by atoms with Crippen LogP contribution in [0.4, 0.5) is 0 Å². The molecule has 0 saturated carbocycles. The highest BCUT2D eigenvalue weighted by atomic mass is 16.5. The average Bonchev–Trinajstić information content (AvgIpc) is 2.54. The van der Waals surface area contributed by atoms with Crippen LogP contribution in [0.2, 0.25) is 0 Å². The number of ether oxygens (including phenoxy) is 1. The van der Waals surface area contributed by atoms with Crippen molar-refractivity contribution in [2.45, 2.75) is 45.2 Å². The largest absolute Gasteiger partial charge is 0.379 e. The molecule has 1 fully saturated rings. The van der Waals surface area contributed by atoms with E-state index in [4.69, 9.17) is 4.74 Å². The fraction of sp³-hybridized carbons (Fsp3) is 0.667. The van der Waals surface area contributed by atoms with Gasteiger partial charge in [-0.3, -0.25) is 4.90 Å². The van der Waals surface area contributed by atoms with E-state index in [1.54, 1.807) is 0 Å². The highest BCUT2D eigenvalue weighted by molar-refractivity contribution is 5.23. The first-order valence-corrected chi connectivity index (χ1v) is 8.15. The lowest BCUT2D eigenvalue weighted by atomic mass is 9.83. The summed E-state index contributed by atoms with van der Waals surface area (Å²) < 4.78 is 5.52. The summed E-state index contributed by atoms with van der Waals surface area (Å²) in [5.74, 6) is 0. The van der Waals surface area contributed by atoms with Gasteiger partial charge in [-0.2, -0.15) is 0 Å². The number of aryl methyl sites for hydroxylation is 1. The molecule has 2 unspecified atom stereocenters. The lowest BCUT2D eigenvalue weighted by Gasteiger charge is -2.48. The number of hydrogen-bond acceptors (Lipinski definition) is 3. The predicted molar refractivity (Wildman–Crippen MR) is 88.8 cm³/mol. The predicted octanol–water partition coefficient (Wildman–Crippen LogP) is 2.63. The maximum absolute atomic E-state index is 5.52. The van der Waals surface area contributed by atoms with Gasteiger partial charge in [0.05, 0.1) is 13.2 Å². The Bertz CT molecular complexity index is 425. The third-order valence-electron chi connectivity index (χ3n) is 5.11. The SMILES string of the molecule is CCC(C)(C(Cc1ccc(C)cc1)NC)N1CCOCC1. The van der Waals surface area contributed by atoms with Gasteiger partial charge in [0.25, 0.3) is 0 Å². The highest BCUT2D eigenvalue weighted by Gasteiger charge is 2.38. The molecule has 1 saturated heterocycles. The number of nitrogens with one attached hydrogen (secondary N) is 1. The molecule has 1 aromatic rings. The zero-order valence-corrected chi connectivity index (χ0v) is 14.0. The third-order valence-corrected chi connectivity index (χ3v) is 5.11. The van der Waals surface area contributed by atoms with E-state index in [0.29, 0.717) is 6.04 Å². The molecule has 1 aliphatic rings. The lowest BCUT2D eigenvalue weighted by molar-refractivity contribution is -0.0313. The van der Waals surface area contributed by atoms with Gasteiger partial charge in [-0.1, -0.05) is 36.8 Å². The van der Waals surface area contributed by atoms with E-state index < -0.39 is 0 Å². The van der Waals surface area contributed by atoms with Crippen molar-refractivity contribution in [1.82, 2.24) is 10.2 Å². The van der Waals surface area contributed by atoms with Crippen molar-refractivity contribution in [1.29, 1.82) is 0 Å². The summed E-state index contributed by atoms with van der Waals surface area (Å²) >= 11 is 0. The number of likely N-dealkylation sites (N-methyl/N-ethyl adjacent to an activating group) is 1. The lowest BCUT2D eigenvalue weighted by Crippen LogP contribution is -2.61. The van der Waals surface area contributed by atoms with Crippen LogP contribution in [0.15, 0.2) is 24.3 Å². The summed E-state index contributed by atoms with van der Waals surface area (Å²) in [6.45, 7) is 10.6. The van der Waals surface area contributed by atoms with E-state index in [1.807, 2.05) is 0 Å². The molecule has 1 heterocycles. The normalized spacial score (nSPS) is 21.0. The minimum Gasteiger partial charge on any atom is -0.379 e. The highest BCUT2D eigenvalue weighted by Crippen LogP contribution is 2.27. The standard InChI is InChI=1S/C18H30N2O/c1-5-18(3,20-10-12-21-13-11-20)17(19-4)14-16-8-6-15(2)7-9-16/h6-9,17,19H,5,10-14H2,1-4H3. The Morgan fingerprint density at radius 1 is 1.24 bits per heavy atom. The van der Waals surface area contributed by atoms with E-state index in [2.05, 4.69) is 62.3 Å². The molecule has 3 heteroatoms. The molecule has 1 aliphatic heterocycles. The van der Waals surface area contributed by atoms with Gasteiger partial charge in [0.2, 0.25) is 0 Å². The molecule has 0 bridgehead atoms. The molecular formula is C18H30N2O. The van der Waals surface area contributed by atoms with Crippen molar-refractivity contribution >= 4 is 0 Å². The molecule has 118 valence electrons. The van der Waals surface area contributed by atoms with Crippen LogP contribution < -0.4 is 5.32 Å². The second-order valence-corrected chi connectivity index (χ2v) is 6.34. The monoisotopic (exact) mass is 290 g/mol. The quantitative estimate of drug-likeness (QED) is 0.871. The Labute approximate surface area is 129 Å². The molecule has 2 rings (SSSR count). The maximum Gasteiger partial charge on any atom is 0.0594 e. The van der Waals surface area contributed by atoms with Crippen molar-refractivity contribution in [2.24, 2.45) is 0 Å². The summed E-state index contributed by atoms with van der Waals surface area (Å²) in [6.07, 6.45) is 2.21. The number of morpholine rings is 1. The Morgan fingerprint density at radius 3 is 2.38 bits per heavy atom. The second kappa shape index (κ2) is 7.39. The van der Waals surface area contributed by atoms with Crippen LogP contribution in [-0.4, -0.2) is 49.8 Å². The van der Waals surface area contributed by atoms with E-state index in [9.17, 15) is 0 Å². The molecule has 0 aliphatic carbocycles. The summed E-state index contributed by atoms with van der Waals surface area (Å²) in [5.41, 5.74) is 2.91. The van der Waals surface area contributed by atoms with Crippen LogP contribution >= 0.6 is 0 Å². The van der Waals surface area contributed by atoms with Crippen molar-refractivity contribution in [3.05, 3.63) is 35.4 Å². The molecule has 1 aromatic carbocycles. The number of nitrogens with zero attached hydrogens (tertiary/aromatic N) is 1. The summed E-state index contributed by atoms with van der Waals surface area (Å²) in [7, 11) is 2.09. The van der Waals surface area contributed by atoms with E-state index in [1.165, 1.54) is 11.1 Å². The third kappa shape index (κ3) is 3.85. The zero-order chi connectivity index (χ0) is 15.3. The molecule has 1 N–H and O–H groups in total. The van der Waals surface area contributed by atoms with Gasteiger partial charge < -0.3 is 10.1 Å². The van der Waals surface area contributed by atoms with Crippen molar-refractivity contribution in [3.63, 3.8) is 0 Å². The Kier molecular flexibility index (Phi) is 5.80. The summed E-state index contributed by atoms with van der Waals surface area (Å²) in [4.78, 5) is 2.60. The van der Waals surface area contributed by atoms with E-state index in [0.717, 1.165) is 39.1 Å². The first-order chi connectivity index (χ1) is 10.1. The summed E-state index contributed by atoms with van der Waals surface area (Å²) in [6, 6.07) is 9.38. The smallest absolute Gasteiger partial charge is 0.0594 e. The van der Waals surface area contributed by atoms with Crippen LogP contribution in [0.1, 0.15) is 31.4 Å². The number of rotatable bonds is 6. The van der Waals surface area contributed by atoms with Crippen LogP contribution in [0, 0.1) is 6.92 Å². The number of hydrogen-bond donors (Lipinski definition) is 1. The molecule has 0 aromatic heterocycles. The Balaban J connectivity index is 2.13. The van der Waals surface area contributed by atoms with Crippen molar-refractivity contribution < 1.29 is 4.74 Å². The van der Waals surface area contributed by atoms with Gasteiger partial charge in [-0.25, -0.2) is 0 Å². The Morgan fingerprint density at radius 2 is 1.86 bits per heavy atom. The van der Waals surface area contributed by atoms with E-state index in [-0.39, 0.29) is 5.54 Å². The minimum atomic E-state index is 0.170. The first kappa shape index (κ1) is 16.5. The van der Waals surface area contributed by atoms with Crippen LogP contribution in [-0.2, 0) is 11.2 Å². The molecule has 0 radical (unpaired) electrons. The van der Waals surface area contributed by atoms with Crippen LogP contribution in [0.25, 0.3) is 0 Å². The zero-order valence-electron chi connectivity index (χ0n) is 14.0. The van der Waals surface area contributed by atoms with Crippen molar-refractivity contribution in [2.75, 3.05) is 33.4 Å². The van der Waals surface area contributed by atoms with Crippen LogP contribution in [0.3, 0.4) is 0 Å².